The maximum Gasteiger partial charge on any atom is 0.419 e. The van der Waals surface area contributed by atoms with Crippen LogP contribution in [0, 0.1) is 11.3 Å². The van der Waals surface area contributed by atoms with Crippen LogP contribution < -0.4 is 5.76 Å². The molecule has 0 saturated heterocycles. The van der Waals surface area contributed by atoms with Gasteiger partial charge >= 0.3 is 5.76 Å². The summed E-state index contributed by atoms with van der Waals surface area (Å²) in [6.45, 7) is 1.66. The van der Waals surface area contributed by atoms with Gasteiger partial charge < -0.3 is 9.32 Å². The standard InChI is InChI=1S/C14H17N3O2/c1-16(8-3-7-15)9-6-11-4-5-12-13(10-11)19-14(18)17(12)2/h4-5,10H,3,6,8-9H2,1-2H3. The molecule has 2 aromatic rings. The number of nitriles is 1. The van der Waals surface area contributed by atoms with Crippen LogP contribution >= 0.6 is 0 Å². The van der Waals surface area contributed by atoms with Gasteiger partial charge in [0.1, 0.15) is 0 Å². The first-order chi connectivity index (χ1) is 9.11. The van der Waals surface area contributed by atoms with Crippen molar-refractivity contribution in [2.24, 2.45) is 7.05 Å². The zero-order chi connectivity index (χ0) is 13.8. The highest BCUT2D eigenvalue weighted by Crippen LogP contribution is 2.14. The zero-order valence-corrected chi connectivity index (χ0v) is 11.2. The van der Waals surface area contributed by atoms with Crippen LogP contribution in [0.4, 0.5) is 0 Å². The predicted octanol–water partition coefficient (Wildman–Crippen LogP) is 1.52. The second-order valence-electron chi connectivity index (χ2n) is 4.69. The monoisotopic (exact) mass is 259 g/mol. The van der Waals surface area contributed by atoms with E-state index < -0.39 is 0 Å². The molecule has 5 heteroatoms. The Hall–Kier alpha value is -2.06. The van der Waals surface area contributed by atoms with Gasteiger partial charge in [0.05, 0.1) is 11.6 Å². The highest BCUT2D eigenvalue weighted by Gasteiger charge is 2.06. The average Bonchev–Trinajstić information content (AvgIpc) is 2.69. The van der Waals surface area contributed by atoms with Crippen molar-refractivity contribution in [3.8, 4) is 6.07 Å². The van der Waals surface area contributed by atoms with Crippen molar-refractivity contribution in [2.45, 2.75) is 12.8 Å². The molecule has 0 unspecified atom stereocenters. The minimum atomic E-state index is -0.335. The van der Waals surface area contributed by atoms with Crippen molar-refractivity contribution in [3.05, 3.63) is 34.3 Å². The Morgan fingerprint density at radius 3 is 2.95 bits per heavy atom. The molecule has 0 fully saturated rings. The summed E-state index contributed by atoms with van der Waals surface area (Å²) in [5, 5.41) is 8.53. The van der Waals surface area contributed by atoms with Gasteiger partial charge in [-0.05, 0) is 31.2 Å². The Kier molecular flexibility index (Phi) is 4.03. The van der Waals surface area contributed by atoms with E-state index in [1.54, 1.807) is 7.05 Å². The molecule has 0 aliphatic rings. The van der Waals surface area contributed by atoms with E-state index in [4.69, 9.17) is 9.68 Å². The SMILES string of the molecule is CN(CCC#N)CCc1ccc2c(c1)oc(=O)n2C. The van der Waals surface area contributed by atoms with Gasteiger partial charge in [-0.3, -0.25) is 4.57 Å². The number of aryl methyl sites for hydroxylation is 1. The number of hydrogen-bond donors (Lipinski definition) is 0. The van der Waals surface area contributed by atoms with Crippen molar-refractivity contribution < 1.29 is 4.42 Å². The molecule has 0 bridgehead atoms. The number of hydrogen-bond acceptors (Lipinski definition) is 4. The van der Waals surface area contributed by atoms with Crippen LogP contribution in [0.25, 0.3) is 11.1 Å². The van der Waals surface area contributed by atoms with Crippen molar-refractivity contribution in [1.82, 2.24) is 9.47 Å². The molecule has 5 nitrogen and oxygen atoms in total. The molecule has 1 aromatic heterocycles. The molecule has 0 atom stereocenters. The number of nitrogens with zero attached hydrogens (tertiary/aromatic N) is 3. The lowest BCUT2D eigenvalue weighted by Crippen LogP contribution is -2.22. The summed E-state index contributed by atoms with van der Waals surface area (Å²) < 4.78 is 6.66. The molecule has 1 heterocycles. The van der Waals surface area contributed by atoms with Crippen LogP contribution in [-0.4, -0.2) is 29.6 Å². The Morgan fingerprint density at radius 2 is 2.21 bits per heavy atom. The van der Waals surface area contributed by atoms with Gasteiger partial charge in [0.25, 0.3) is 0 Å². The van der Waals surface area contributed by atoms with E-state index in [0.29, 0.717) is 12.0 Å². The molecule has 0 saturated carbocycles. The Labute approximate surface area is 111 Å². The normalized spacial score (nSPS) is 11.1. The van der Waals surface area contributed by atoms with Gasteiger partial charge in [0.2, 0.25) is 0 Å². The van der Waals surface area contributed by atoms with Gasteiger partial charge in [-0.25, -0.2) is 4.79 Å². The van der Waals surface area contributed by atoms with Crippen LogP contribution in [0.1, 0.15) is 12.0 Å². The fourth-order valence-electron chi connectivity index (χ4n) is 2.01. The number of aromatic nitrogens is 1. The van der Waals surface area contributed by atoms with Gasteiger partial charge in [0.15, 0.2) is 5.58 Å². The zero-order valence-electron chi connectivity index (χ0n) is 11.2. The van der Waals surface area contributed by atoms with Crippen molar-refractivity contribution in [3.63, 3.8) is 0 Å². The van der Waals surface area contributed by atoms with E-state index >= 15 is 0 Å². The number of rotatable bonds is 5. The third kappa shape index (κ3) is 3.04. The first kappa shape index (κ1) is 13.4. The third-order valence-electron chi connectivity index (χ3n) is 3.24. The molecule has 0 aliphatic carbocycles. The first-order valence-corrected chi connectivity index (χ1v) is 6.26. The van der Waals surface area contributed by atoms with Gasteiger partial charge in [0, 0.05) is 26.6 Å². The average molecular weight is 259 g/mol. The smallest absolute Gasteiger partial charge is 0.408 e. The Balaban J connectivity index is 2.06. The fourth-order valence-corrected chi connectivity index (χ4v) is 2.01. The van der Waals surface area contributed by atoms with Crippen LogP contribution in [0.3, 0.4) is 0 Å². The van der Waals surface area contributed by atoms with Crippen LogP contribution in [-0.2, 0) is 13.5 Å². The van der Waals surface area contributed by atoms with Crippen molar-refractivity contribution in [1.29, 1.82) is 5.26 Å². The Bertz CT molecular complexity index is 663. The van der Waals surface area contributed by atoms with E-state index in [-0.39, 0.29) is 5.76 Å². The summed E-state index contributed by atoms with van der Waals surface area (Å²) in [6.07, 6.45) is 1.42. The van der Waals surface area contributed by atoms with E-state index in [1.807, 2.05) is 25.2 Å². The highest BCUT2D eigenvalue weighted by atomic mass is 16.4. The third-order valence-corrected chi connectivity index (χ3v) is 3.24. The maximum absolute atomic E-state index is 11.4. The lowest BCUT2D eigenvalue weighted by molar-refractivity contribution is 0.346. The van der Waals surface area contributed by atoms with Crippen LogP contribution in [0.5, 0.6) is 0 Å². The lowest BCUT2D eigenvalue weighted by Gasteiger charge is -2.14. The number of benzene rings is 1. The quantitative estimate of drug-likeness (QED) is 0.816. The van der Waals surface area contributed by atoms with Crippen LogP contribution in [0.15, 0.2) is 27.4 Å². The molecule has 0 spiro atoms. The summed E-state index contributed by atoms with van der Waals surface area (Å²) >= 11 is 0. The highest BCUT2D eigenvalue weighted by molar-refractivity contribution is 5.73. The molecule has 1 aromatic carbocycles. The minimum absolute atomic E-state index is 0.335. The topological polar surface area (TPSA) is 62.2 Å². The van der Waals surface area contributed by atoms with Crippen molar-refractivity contribution in [2.75, 3.05) is 20.1 Å². The molecule has 19 heavy (non-hydrogen) atoms. The largest absolute Gasteiger partial charge is 0.419 e. The van der Waals surface area contributed by atoms with E-state index in [0.717, 1.165) is 30.6 Å². The maximum atomic E-state index is 11.4. The van der Waals surface area contributed by atoms with E-state index in [1.165, 1.54) is 4.57 Å². The summed E-state index contributed by atoms with van der Waals surface area (Å²) in [4.78, 5) is 13.5. The fraction of sp³-hybridized carbons (Fsp3) is 0.429. The van der Waals surface area contributed by atoms with Gasteiger partial charge in [-0.1, -0.05) is 6.07 Å². The molecular weight excluding hydrogens is 242 g/mol. The molecular formula is C14H17N3O2. The second kappa shape index (κ2) is 5.72. The molecule has 0 aliphatic heterocycles. The molecule has 0 amide bonds. The second-order valence-corrected chi connectivity index (χ2v) is 4.69. The predicted molar refractivity (Wildman–Crippen MR) is 72.9 cm³/mol. The van der Waals surface area contributed by atoms with Crippen molar-refractivity contribution >= 4 is 11.1 Å². The Morgan fingerprint density at radius 1 is 1.42 bits per heavy atom. The minimum Gasteiger partial charge on any atom is -0.408 e. The molecule has 0 radical (unpaired) electrons. The number of fused-ring (bicyclic) bond motifs is 1. The molecule has 0 N–H and O–H groups in total. The number of oxazole rings is 1. The van der Waals surface area contributed by atoms with E-state index in [2.05, 4.69) is 11.0 Å². The number of likely N-dealkylation sites (N-methyl/N-ethyl adjacent to an activating group) is 1. The molecule has 2 rings (SSSR count). The van der Waals surface area contributed by atoms with Gasteiger partial charge in [-0.2, -0.15) is 5.26 Å². The summed E-state index contributed by atoms with van der Waals surface area (Å²) in [6, 6.07) is 7.96. The lowest BCUT2D eigenvalue weighted by atomic mass is 10.1. The van der Waals surface area contributed by atoms with Gasteiger partial charge in [-0.15, -0.1) is 0 Å². The molecule has 100 valence electrons. The van der Waals surface area contributed by atoms with Crippen LogP contribution in [0.2, 0.25) is 0 Å². The summed E-state index contributed by atoms with van der Waals surface area (Å²) in [7, 11) is 3.70. The van der Waals surface area contributed by atoms with E-state index in [9.17, 15) is 4.79 Å². The summed E-state index contributed by atoms with van der Waals surface area (Å²) in [5.74, 6) is -0.335. The summed E-state index contributed by atoms with van der Waals surface area (Å²) in [5.41, 5.74) is 2.57. The first-order valence-electron chi connectivity index (χ1n) is 6.26.